The fraction of sp³-hybridized carbons (Fsp3) is 0.375. The topological polar surface area (TPSA) is 32.9 Å². The summed E-state index contributed by atoms with van der Waals surface area (Å²) in [5.74, 6) is 0. The van der Waals surface area contributed by atoms with Crippen LogP contribution >= 0.6 is 0 Å². The van der Waals surface area contributed by atoms with Crippen molar-refractivity contribution in [3.8, 4) is 0 Å². The summed E-state index contributed by atoms with van der Waals surface area (Å²) in [4.78, 5) is 13.7. The molecule has 0 bridgehead atoms. The molecule has 0 aromatic carbocycles. The molecule has 52 valence electrons. The minimum atomic E-state index is 0.106. The van der Waals surface area contributed by atoms with E-state index in [1.165, 1.54) is 5.56 Å². The molecule has 10 heavy (non-hydrogen) atoms. The first kappa shape index (κ1) is 5.71. The number of fused-ring (bicyclic) bond motifs is 1. The van der Waals surface area contributed by atoms with Gasteiger partial charge in [-0.05, 0) is 30.9 Å². The van der Waals surface area contributed by atoms with E-state index in [0.29, 0.717) is 0 Å². The summed E-state index contributed by atoms with van der Waals surface area (Å²) < 4.78 is 0. The summed E-state index contributed by atoms with van der Waals surface area (Å²) in [5.41, 5.74) is 2.35. The fourth-order valence-electron chi connectivity index (χ4n) is 1.52. The third-order valence-corrected chi connectivity index (χ3v) is 2.03. The Morgan fingerprint density at radius 2 is 2.30 bits per heavy atom. The maximum atomic E-state index is 11.1. The monoisotopic (exact) mass is 135 g/mol. The molecule has 1 aromatic heterocycles. The van der Waals surface area contributed by atoms with E-state index in [0.717, 1.165) is 24.8 Å². The highest BCUT2D eigenvalue weighted by molar-refractivity contribution is 5.27. The van der Waals surface area contributed by atoms with Crippen LogP contribution in [-0.4, -0.2) is 4.98 Å². The molecule has 0 radical (unpaired) electrons. The summed E-state index contributed by atoms with van der Waals surface area (Å²) in [6.07, 6.45) is 4.92. The lowest BCUT2D eigenvalue weighted by Crippen LogP contribution is -2.10. The van der Waals surface area contributed by atoms with E-state index in [1.807, 2.05) is 6.07 Å². The third-order valence-electron chi connectivity index (χ3n) is 2.03. The molecule has 0 unspecified atom stereocenters. The van der Waals surface area contributed by atoms with Gasteiger partial charge < -0.3 is 4.98 Å². The Bertz CT molecular complexity index is 300. The molecular formula is C8H9NO. The molecule has 1 aliphatic carbocycles. The quantitative estimate of drug-likeness (QED) is 0.562. The Labute approximate surface area is 58.9 Å². The van der Waals surface area contributed by atoms with Gasteiger partial charge >= 0.3 is 0 Å². The number of H-pyrrole nitrogens is 1. The Kier molecular flexibility index (Phi) is 1.13. The van der Waals surface area contributed by atoms with Gasteiger partial charge in [0.15, 0.2) is 0 Å². The van der Waals surface area contributed by atoms with Gasteiger partial charge in [-0.2, -0.15) is 0 Å². The van der Waals surface area contributed by atoms with Crippen molar-refractivity contribution in [3.63, 3.8) is 0 Å². The minimum Gasteiger partial charge on any atom is -0.329 e. The highest BCUT2D eigenvalue weighted by Gasteiger charge is 2.12. The summed E-state index contributed by atoms with van der Waals surface area (Å²) in [5, 5.41) is 0. The van der Waals surface area contributed by atoms with Crippen molar-refractivity contribution < 1.29 is 0 Å². The van der Waals surface area contributed by atoms with E-state index in [4.69, 9.17) is 0 Å². The van der Waals surface area contributed by atoms with Crippen molar-refractivity contribution in [1.29, 1.82) is 0 Å². The normalized spacial score (nSPS) is 15.2. The zero-order valence-electron chi connectivity index (χ0n) is 5.68. The van der Waals surface area contributed by atoms with Crippen LogP contribution in [0.3, 0.4) is 0 Å². The number of pyridine rings is 1. The first-order valence-corrected chi connectivity index (χ1v) is 3.57. The van der Waals surface area contributed by atoms with E-state index >= 15 is 0 Å². The molecule has 0 saturated heterocycles. The van der Waals surface area contributed by atoms with E-state index < -0.39 is 0 Å². The van der Waals surface area contributed by atoms with Gasteiger partial charge in [0.2, 0.25) is 0 Å². The largest absolute Gasteiger partial charge is 0.329 e. The van der Waals surface area contributed by atoms with E-state index in [1.54, 1.807) is 6.20 Å². The first-order valence-electron chi connectivity index (χ1n) is 3.57. The van der Waals surface area contributed by atoms with Crippen molar-refractivity contribution in [3.05, 3.63) is 33.7 Å². The highest BCUT2D eigenvalue weighted by Crippen LogP contribution is 2.16. The van der Waals surface area contributed by atoms with E-state index in [9.17, 15) is 4.79 Å². The Balaban J connectivity index is 2.70. The van der Waals surface area contributed by atoms with Gasteiger partial charge in [0.05, 0.1) is 0 Å². The Morgan fingerprint density at radius 1 is 1.40 bits per heavy atom. The van der Waals surface area contributed by atoms with Crippen molar-refractivity contribution in [2.24, 2.45) is 0 Å². The Hall–Kier alpha value is -1.05. The van der Waals surface area contributed by atoms with Gasteiger partial charge in [0, 0.05) is 11.8 Å². The zero-order chi connectivity index (χ0) is 6.97. The van der Waals surface area contributed by atoms with Crippen molar-refractivity contribution in [2.75, 3.05) is 0 Å². The zero-order valence-corrected chi connectivity index (χ0v) is 5.68. The van der Waals surface area contributed by atoms with Crippen LogP contribution in [0, 0.1) is 0 Å². The van der Waals surface area contributed by atoms with Crippen molar-refractivity contribution >= 4 is 0 Å². The number of aryl methyl sites for hydroxylation is 1. The van der Waals surface area contributed by atoms with Crippen LogP contribution in [0.5, 0.6) is 0 Å². The number of aromatic amines is 1. The van der Waals surface area contributed by atoms with Gasteiger partial charge in [0.1, 0.15) is 0 Å². The molecule has 2 nitrogen and oxygen atoms in total. The summed E-state index contributed by atoms with van der Waals surface area (Å²) in [7, 11) is 0. The first-order chi connectivity index (χ1) is 4.88. The number of rotatable bonds is 0. The third kappa shape index (κ3) is 0.685. The molecule has 1 N–H and O–H groups in total. The predicted octanol–water partition coefficient (Wildman–Crippen LogP) is 0.864. The molecule has 2 heteroatoms. The predicted molar refractivity (Wildman–Crippen MR) is 39.1 cm³/mol. The number of hydrogen-bond acceptors (Lipinski definition) is 1. The lowest BCUT2D eigenvalue weighted by molar-refractivity contribution is 0.907. The Morgan fingerprint density at radius 3 is 3.10 bits per heavy atom. The average Bonchev–Trinajstić information content (AvgIpc) is 2.36. The molecule has 1 aromatic rings. The van der Waals surface area contributed by atoms with Crippen LogP contribution in [-0.2, 0) is 12.8 Å². The molecule has 0 aliphatic heterocycles. The van der Waals surface area contributed by atoms with Crippen LogP contribution in [0.15, 0.2) is 17.1 Å². The molecule has 0 saturated carbocycles. The van der Waals surface area contributed by atoms with Crippen molar-refractivity contribution in [2.45, 2.75) is 19.3 Å². The number of hydrogen-bond donors (Lipinski definition) is 1. The average molecular weight is 135 g/mol. The van der Waals surface area contributed by atoms with Gasteiger partial charge in [-0.15, -0.1) is 0 Å². The summed E-state index contributed by atoms with van der Waals surface area (Å²) in [6, 6.07) is 2.00. The standard InChI is InChI=1S/C8H9NO/c10-8-7-3-1-2-6(7)4-5-9-8/h4-5H,1-3H2,(H,9,10). The lowest BCUT2D eigenvalue weighted by atomic mass is 10.2. The number of aromatic nitrogens is 1. The van der Waals surface area contributed by atoms with Gasteiger partial charge in [-0.3, -0.25) is 4.79 Å². The van der Waals surface area contributed by atoms with Gasteiger partial charge in [-0.25, -0.2) is 0 Å². The molecule has 1 heterocycles. The van der Waals surface area contributed by atoms with Gasteiger partial charge in [-0.1, -0.05) is 0 Å². The second kappa shape index (κ2) is 1.97. The molecular weight excluding hydrogens is 126 g/mol. The SMILES string of the molecule is O=c1[nH]ccc2c1CCC2. The molecule has 1 aliphatic rings. The van der Waals surface area contributed by atoms with Crippen molar-refractivity contribution in [1.82, 2.24) is 4.98 Å². The molecule has 0 atom stereocenters. The van der Waals surface area contributed by atoms with Crippen LogP contribution in [0.25, 0.3) is 0 Å². The van der Waals surface area contributed by atoms with E-state index in [-0.39, 0.29) is 5.56 Å². The van der Waals surface area contributed by atoms with E-state index in [2.05, 4.69) is 4.98 Å². The second-order valence-corrected chi connectivity index (χ2v) is 2.66. The maximum Gasteiger partial charge on any atom is 0.251 e. The molecule has 0 amide bonds. The van der Waals surface area contributed by atoms with Crippen LogP contribution in [0.1, 0.15) is 17.5 Å². The highest BCUT2D eigenvalue weighted by atomic mass is 16.1. The molecule has 0 fully saturated rings. The van der Waals surface area contributed by atoms with Crippen LogP contribution < -0.4 is 5.56 Å². The molecule has 0 spiro atoms. The maximum absolute atomic E-state index is 11.1. The second-order valence-electron chi connectivity index (χ2n) is 2.66. The van der Waals surface area contributed by atoms with Gasteiger partial charge in [0.25, 0.3) is 5.56 Å². The summed E-state index contributed by atoms with van der Waals surface area (Å²) >= 11 is 0. The smallest absolute Gasteiger partial charge is 0.251 e. The molecule has 2 rings (SSSR count). The lowest BCUT2D eigenvalue weighted by Gasteiger charge is -1.92. The van der Waals surface area contributed by atoms with Crippen LogP contribution in [0.4, 0.5) is 0 Å². The number of nitrogens with one attached hydrogen (secondary N) is 1. The minimum absolute atomic E-state index is 0.106. The van der Waals surface area contributed by atoms with Crippen LogP contribution in [0.2, 0.25) is 0 Å². The summed E-state index contributed by atoms with van der Waals surface area (Å²) in [6.45, 7) is 0. The fourth-order valence-corrected chi connectivity index (χ4v) is 1.52.